The third-order valence-corrected chi connectivity index (χ3v) is 3.05. The number of nitrogens with zero attached hydrogens (tertiary/aromatic N) is 1. The third kappa shape index (κ3) is 1.95. The minimum atomic E-state index is -0.298. The lowest BCUT2D eigenvalue weighted by atomic mass is 10.00. The van der Waals surface area contributed by atoms with E-state index in [2.05, 4.69) is 0 Å². The van der Waals surface area contributed by atoms with Crippen molar-refractivity contribution in [2.45, 2.75) is 26.8 Å². The van der Waals surface area contributed by atoms with Crippen molar-refractivity contribution >= 4 is 17.5 Å². The van der Waals surface area contributed by atoms with Crippen molar-refractivity contribution in [1.82, 2.24) is 0 Å². The number of carbonyl (C=O) groups excluding carboxylic acids is 2. The van der Waals surface area contributed by atoms with E-state index in [1.807, 2.05) is 26.0 Å². The second-order valence-electron chi connectivity index (χ2n) is 4.33. The van der Waals surface area contributed by atoms with Crippen LogP contribution in [0.3, 0.4) is 0 Å². The summed E-state index contributed by atoms with van der Waals surface area (Å²) in [6, 6.07) is 3.92. The molecule has 1 aliphatic rings. The summed E-state index contributed by atoms with van der Waals surface area (Å²) >= 11 is 0. The fourth-order valence-electron chi connectivity index (χ4n) is 2.27. The number of anilines is 1. The van der Waals surface area contributed by atoms with E-state index in [0.29, 0.717) is 12.2 Å². The van der Waals surface area contributed by atoms with Gasteiger partial charge in [-0.05, 0) is 24.5 Å². The predicted octanol–water partition coefficient (Wildman–Crippen LogP) is 1.45. The van der Waals surface area contributed by atoms with E-state index in [-0.39, 0.29) is 11.8 Å². The van der Waals surface area contributed by atoms with Crippen molar-refractivity contribution < 1.29 is 9.59 Å². The standard InChI is InChI=1S/C14H16N2O2/c1-3-10-6-9(2)7-11(8-15)14(10)16-12(17)4-5-13(16)18/h4-7H,3,8,15H2,1-2H3. The van der Waals surface area contributed by atoms with Crippen molar-refractivity contribution in [3.63, 3.8) is 0 Å². The molecule has 1 aromatic rings. The number of benzene rings is 1. The van der Waals surface area contributed by atoms with Gasteiger partial charge in [0, 0.05) is 18.7 Å². The van der Waals surface area contributed by atoms with Gasteiger partial charge in [-0.1, -0.05) is 24.6 Å². The molecule has 0 radical (unpaired) electrons. The smallest absolute Gasteiger partial charge is 0.258 e. The Labute approximate surface area is 106 Å². The minimum absolute atomic E-state index is 0.298. The molecule has 0 saturated carbocycles. The molecule has 0 aromatic heterocycles. The van der Waals surface area contributed by atoms with E-state index in [1.54, 1.807) is 0 Å². The Bertz CT molecular complexity index is 504. The van der Waals surface area contributed by atoms with Gasteiger partial charge in [0.1, 0.15) is 0 Å². The maximum atomic E-state index is 11.8. The number of carbonyl (C=O) groups is 2. The zero-order chi connectivity index (χ0) is 13.3. The van der Waals surface area contributed by atoms with Gasteiger partial charge in [0.2, 0.25) is 0 Å². The quantitative estimate of drug-likeness (QED) is 0.818. The zero-order valence-corrected chi connectivity index (χ0v) is 10.6. The van der Waals surface area contributed by atoms with Crippen LogP contribution >= 0.6 is 0 Å². The van der Waals surface area contributed by atoms with Crippen molar-refractivity contribution in [1.29, 1.82) is 0 Å². The van der Waals surface area contributed by atoms with Gasteiger partial charge in [-0.3, -0.25) is 9.59 Å². The van der Waals surface area contributed by atoms with E-state index in [4.69, 9.17) is 5.73 Å². The number of hydrogen-bond donors (Lipinski definition) is 1. The van der Waals surface area contributed by atoms with Crippen LogP contribution in [-0.4, -0.2) is 11.8 Å². The van der Waals surface area contributed by atoms with E-state index >= 15 is 0 Å². The van der Waals surface area contributed by atoms with Crippen LogP contribution in [0.2, 0.25) is 0 Å². The second kappa shape index (κ2) is 4.74. The minimum Gasteiger partial charge on any atom is -0.326 e. The number of hydrogen-bond acceptors (Lipinski definition) is 3. The number of imide groups is 1. The Hall–Kier alpha value is -1.94. The molecule has 18 heavy (non-hydrogen) atoms. The molecule has 4 nitrogen and oxygen atoms in total. The maximum absolute atomic E-state index is 11.8. The van der Waals surface area contributed by atoms with E-state index in [0.717, 1.165) is 23.1 Å². The molecule has 0 spiro atoms. The Balaban J connectivity index is 2.62. The lowest BCUT2D eigenvalue weighted by Gasteiger charge is -2.22. The first kappa shape index (κ1) is 12.5. The first-order chi connectivity index (χ1) is 8.58. The zero-order valence-electron chi connectivity index (χ0n) is 10.6. The average Bonchev–Trinajstić information content (AvgIpc) is 2.68. The summed E-state index contributed by atoms with van der Waals surface area (Å²) in [5.74, 6) is -0.596. The highest BCUT2D eigenvalue weighted by Crippen LogP contribution is 2.30. The molecular weight excluding hydrogens is 228 g/mol. The fraction of sp³-hybridized carbons (Fsp3) is 0.286. The molecule has 0 fully saturated rings. The highest BCUT2D eigenvalue weighted by Gasteiger charge is 2.28. The maximum Gasteiger partial charge on any atom is 0.258 e. The summed E-state index contributed by atoms with van der Waals surface area (Å²) in [6.07, 6.45) is 3.34. The van der Waals surface area contributed by atoms with Crippen LogP contribution in [0.25, 0.3) is 0 Å². The molecule has 94 valence electrons. The van der Waals surface area contributed by atoms with Crippen LogP contribution in [0.1, 0.15) is 23.6 Å². The van der Waals surface area contributed by atoms with Crippen LogP contribution in [0.4, 0.5) is 5.69 Å². The Morgan fingerprint density at radius 2 is 1.67 bits per heavy atom. The van der Waals surface area contributed by atoms with Gasteiger partial charge >= 0.3 is 0 Å². The van der Waals surface area contributed by atoms with Gasteiger partial charge in [-0.15, -0.1) is 0 Å². The molecule has 1 heterocycles. The number of amides is 2. The van der Waals surface area contributed by atoms with Crippen molar-refractivity contribution in [2.75, 3.05) is 4.90 Å². The van der Waals surface area contributed by atoms with E-state index < -0.39 is 0 Å². The summed E-state index contributed by atoms with van der Waals surface area (Å²) in [5, 5.41) is 0. The fourth-order valence-corrected chi connectivity index (χ4v) is 2.27. The molecule has 1 aromatic carbocycles. The molecule has 2 N–H and O–H groups in total. The lowest BCUT2D eigenvalue weighted by molar-refractivity contribution is -0.120. The highest BCUT2D eigenvalue weighted by atomic mass is 16.2. The number of rotatable bonds is 3. The Morgan fingerprint density at radius 3 is 2.17 bits per heavy atom. The average molecular weight is 244 g/mol. The molecule has 4 heteroatoms. The van der Waals surface area contributed by atoms with Gasteiger partial charge in [-0.25, -0.2) is 4.90 Å². The highest BCUT2D eigenvalue weighted by molar-refractivity contribution is 6.28. The monoisotopic (exact) mass is 244 g/mol. The molecule has 0 saturated heterocycles. The number of nitrogens with two attached hydrogens (primary N) is 1. The van der Waals surface area contributed by atoms with Gasteiger partial charge in [0.15, 0.2) is 0 Å². The summed E-state index contributed by atoms with van der Waals surface area (Å²) in [4.78, 5) is 24.8. The molecule has 0 unspecified atom stereocenters. The molecule has 0 aliphatic carbocycles. The van der Waals surface area contributed by atoms with Crippen LogP contribution < -0.4 is 10.6 Å². The Morgan fingerprint density at radius 1 is 1.11 bits per heavy atom. The lowest BCUT2D eigenvalue weighted by Crippen LogP contribution is -2.32. The Kier molecular flexibility index (Phi) is 3.30. The van der Waals surface area contributed by atoms with Crippen molar-refractivity contribution in [2.24, 2.45) is 5.73 Å². The first-order valence-corrected chi connectivity index (χ1v) is 5.97. The van der Waals surface area contributed by atoms with Crippen LogP contribution in [0, 0.1) is 6.92 Å². The molecule has 0 atom stereocenters. The molecule has 2 rings (SSSR count). The molecule has 2 amide bonds. The van der Waals surface area contributed by atoms with Gasteiger partial charge in [0.05, 0.1) is 5.69 Å². The van der Waals surface area contributed by atoms with Crippen molar-refractivity contribution in [3.05, 3.63) is 41.0 Å². The number of aryl methyl sites for hydroxylation is 2. The summed E-state index contributed by atoms with van der Waals surface area (Å²) in [5.41, 5.74) is 9.28. The van der Waals surface area contributed by atoms with Crippen LogP contribution in [-0.2, 0) is 22.6 Å². The summed E-state index contributed by atoms with van der Waals surface area (Å²) in [7, 11) is 0. The van der Waals surface area contributed by atoms with Gasteiger partial charge in [0.25, 0.3) is 11.8 Å². The van der Waals surface area contributed by atoms with Crippen LogP contribution in [0.15, 0.2) is 24.3 Å². The van der Waals surface area contributed by atoms with Crippen LogP contribution in [0.5, 0.6) is 0 Å². The largest absolute Gasteiger partial charge is 0.326 e. The van der Waals surface area contributed by atoms with Gasteiger partial charge in [-0.2, -0.15) is 0 Å². The molecule has 0 bridgehead atoms. The van der Waals surface area contributed by atoms with Gasteiger partial charge < -0.3 is 5.73 Å². The van der Waals surface area contributed by atoms with E-state index in [9.17, 15) is 9.59 Å². The topological polar surface area (TPSA) is 63.4 Å². The molecular formula is C14H16N2O2. The predicted molar refractivity (Wildman–Crippen MR) is 70.1 cm³/mol. The summed E-state index contributed by atoms with van der Waals surface area (Å²) < 4.78 is 0. The third-order valence-electron chi connectivity index (χ3n) is 3.05. The summed E-state index contributed by atoms with van der Waals surface area (Å²) in [6.45, 7) is 4.28. The first-order valence-electron chi connectivity index (χ1n) is 5.97. The normalized spacial score (nSPS) is 14.7. The second-order valence-corrected chi connectivity index (χ2v) is 4.33. The SMILES string of the molecule is CCc1cc(C)cc(CN)c1N1C(=O)C=CC1=O. The molecule has 1 aliphatic heterocycles. The van der Waals surface area contributed by atoms with E-state index in [1.165, 1.54) is 17.1 Å². The van der Waals surface area contributed by atoms with Crippen molar-refractivity contribution in [3.8, 4) is 0 Å².